The van der Waals surface area contributed by atoms with E-state index in [4.69, 9.17) is 0 Å². The van der Waals surface area contributed by atoms with Crippen LogP contribution >= 0.6 is 0 Å². The van der Waals surface area contributed by atoms with E-state index in [1.54, 1.807) is 23.1 Å². The summed E-state index contributed by atoms with van der Waals surface area (Å²) in [5.41, 5.74) is 2.68. The molecule has 8 heteroatoms. The number of rotatable bonds is 8. The van der Waals surface area contributed by atoms with Crippen LogP contribution in [0.2, 0.25) is 0 Å². The maximum absolute atomic E-state index is 14.0. The second-order valence-corrected chi connectivity index (χ2v) is 8.79. The van der Waals surface area contributed by atoms with Crippen LogP contribution in [-0.4, -0.2) is 48.0 Å². The van der Waals surface area contributed by atoms with Crippen molar-refractivity contribution in [2.45, 2.75) is 25.8 Å². The Balaban J connectivity index is 1.41. The maximum atomic E-state index is 14.0. The zero-order valence-electron chi connectivity index (χ0n) is 19.7. The molecule has 1 saturated heterocycles. The SMILES string of the molecule is C[C@H](CCc1ccccc1)Nc1cc(N2CCN(C(=O)c3ccccc3F)CC2)ccc1[N+](=O)[O-]. The summed E-state index contributed by atoms with van der Waals surface area (Å²) in [4.78, 5) is 27.7. The Hall–Kier alpha value is -3.94. The van der Waals surface area contributed by atoms with Gasteiger partial charge in [0.1, 0.15) is 11.5 Å². The van der Waals surface area contributed by atoms with Crippen molar-refractivity contribution in [1.29, 1.82) is 0 Å². The summed E-state index contributed by atoms with van der Waals surface area (Å²) < 4.78 is 14.0. The summed E-state index contributed by atoms with van der Waals surface area (Å²) in [7, 11) is 0. The molecule has 4 rings (SSSR count). The van der Waals surface area contributed by atoms with E-state index in [0.717, 1.165) is 18.5 Å². The normalized spacial score (nSPS) is 14.5. The number of nitrogens with one attached hydrogen (secondary N) is 1. The fourth-order valence-corrected chi connectivity index (χ4v) is 4.33. The fraction of sp³-hybridized carbons (Fsp3) is 0.296. The van der Waals surface area contributed by atoms with E-state index in [0.29, 0.717) is 31.9 Å². The molecule has 7 nitrogen and oxygen atoms in total. The van der Waals surface area contributed by atoms with Gasteiger partial charge < -0.3 is 15.1 Å². The second kappa shape index (κ2) is 11.0. The van der Waals surface area contributed by atoms with Gasteiger partial charge in [0.25, 0.3) is 11.6 Å². The minimum atomic E-state index is -0.521. The van der Waals surface area contributed by atoms with E-state index in [2.05, 4.69) is 22.3 Å². The zero-order valence-corrected chi connectivity index (χ0v) is 19.7. The highest BCUT2D eigenvalue weighted by Gasteiger charge is 2.25. The van der Waals surface area contributed by atoms with Crippen molar-refractivity contribution in [1.82, 2.24) is 4.90 Å². The molecule has 0 unspecified atom stereocenters. The molecule has 3 aromatic carbocycles. The van der Waals surface area contributed by atoms with Crippen molar-refractivity contribution in [2.75, 3.05) is 36.4 Å². The number of piperazine rings is 1. The largest absolute Gasteiger partial charge is 0.377 e. The Morgan fingerprint density at radius 2 is 1.71 bits per heavy atom. The smallest absolute Gasteiger partial charge is 0.292 e. The van der Waals surface area contributed by atoms with Gasteiger partial charge in [0.05, 0.1) is 10.5 Å². The number of nitro benzene ring substituents is 1. The van der Waals surface area contributed by atoms with Gasteiger partial charge >= 0.3 is 0 Å². The van der Waals surface area contributed by atoms with Crippen LogP contribution in [0.15, 0.2) is 72.8 Å². The highest BCUT2D eigenvalue weighted by molar-refractivity contribution is 5.94. The van der Waals surface area contributed by atoms with Crippen LogP contribution in [-0.2, 0) is 6.42 Å². The van der Waals surface area contributed by atoms with E-state index in [1.165, 1.54) is 23.8 Å². The van der Waals surface area contributed by atoms with Crippen molar-refractivity contribution in [3.63, 3.8) is 0 Å². The minimum absolute atomic E-state index is 0.0358. The van der Waals surface area contributed by atoms with Gasteiger partial charge in [0, 0.05) is 44.0 Å². The number of hydrogen-bond donors (Lipinski definition) is 1. The predicted molar refractivity (Wildman–Crippen MR) is 135 cm³/mol. The van der Waals surface area contributed by atoms with Gasteiger partial charge in [-0.2, -0.15) is 0 Å². The molecule has 1 fully saturated rings. The van der Waals surface area contributed by atoms with Gasteiger partial charge in [-0.1, -0.05) is 42.5 Å². The van der Waals surface area contributed by atoms with Crippen LogP contribution in [0.25, 0.3) is 0 Å². The van der Waals surface area contributed by atoms with Crippen molar-refractivity contribution in [3.8, 4) is 0 Å². The number of aryl methyl sites for hydroxylation is 1. The van der Waals surface area contributed by atoms with Gasteiger partial charge in [-0.3, -0.25) is 14.9 Å². The van der Waals surface area contributed by atoms with Gasteiger partial charge in [-0.05, 0) is 49.6 Å². The van der Waals surface area contributed by atoms with Crippen LogP contribution in [0.5, 0.6) is 0 Å². The average Bonchev–Trinajstić information content (AvgIpc) is 2.88. The number of amides is 1. The van der Waals surface area contributed by atoms with Crippen LogP contribution in [0.3, 0.4) is 0 Å². The van der Waals surface area contributed by atoms with Crippen molar-refractivity contribution < 1.29 is 14.1 Å². The van der Waals surface area contributed by atoms with E-state index < -0.39 is 5.82 Å². The lowest BCUT2D eigenvalue weighted by molar-refractivity contribution is -0.384. The second-order valence-electron chi connectivity index (χ2n) is 8.79. The van der Waals surface area contributed by atoms with E-state index in [-0.39, 0.29) is 28.1 Å². The topological polar surface area (TPSA) is 78.7 Å². The molecule has 1 aliphatic rings. The number of anilines is 2. The number of hydrogen-bond acceptors (Lipinski definition) is 5. The van der Waals surface area contributed by atoms with Crippen LogP contribution in [0.1, 0.15) is 29.3 Å². The van der Waals surface area contributed by atoms with E-state index >= 15 is 0 Å². The average molecular weight is 477 g/mol. The molecule has 1 amide bonds. The molecule has 0 spiro atoms. The van der Waals surface area contributed by atoms with Gasteiger partial charge in [0.15, 0.2) is 0 Å². The molecule has 0 radical (unpaired) electrons. The Bertz CT molecular complexity index is 1180. The Morgan fingerprint density at radius 3 is 2.40 bits per heavy atom. The molecule has 35 heavy (non-hydrogen) atoms. The number of nitrogens with zero attached hydrogens (tertiary/aromatic N) is 3. The standard InChI is InChI=1S/C27H29FN4O3/c1-20(11-12-21-7-3-2-4-8-21)29-25-19-22(13-14-26(25)32(34)35)30-15-17-31(18-16-30)27(33)23-9-5-6-10-24(23)28/h2-10,13-14,19-20,29H,11-12,15-18H2,1H3/t20-/m1/s1. The first-order valence-corrected chi connectivity index (χ1v) is 11.8. The monoisotopic (exact) mass is 476 g/mol. The van der Waals surface area contributed by atoms with Gasteiger partial charge in [-0.25, -0.2) is 4.39 Å². The molecule has 0 aliphatic carbocycles. The summed E-state index contributed by atoms with van der Waals surface area (Å²) in [5.74, 6) is -0.839. The molecule has 1 aliphatic heterocycles. The third-order valence-corrected chi connectivity index (χ3v) is 6.32. The third-order valence-electron chi connectivity index (χ3n) is 6.32. The van der Waals surface area contributed by atoms with E-state index in [1.807, 2.05) is 31.2 Å². The summed E-state index contributed by atoms with van der Waals surface area (Å²) in [6.07, 6.45) is 1.71. The quantitative estimate of drug-likeness (QED) is 0.360. The molecular weight excluding hydrogens is 447 g/mol. The molecule has 0 saturated carbocycles. The minimum Gasteiger partial charge on any atom is -0.377 e. The van der Waals surface area contributed by atoms with E-state index in [9.17, 15) is 19.3 Å². The van der Waals surface area contributed by atoms with Crippen molar-refractivity contribution in [2.24, 2.45) is 0 Å². The number of carbonyl (C=O) groups excluding carboxylic acids is 1. The first kappa shape index (κ1) is 24.2. The molecule has 1 N–H and O–H groups in total. The summed E-state index contributed by atoms with van der Waals surface area (Å²) in [6, 6.07) is 21.3. The Labute approximate surface area is 204 Å². The summed E-state index contributed by atoms with van der Waals surface area (Å²) in [6.45, 7) is 4.02. The first-order chi connectivity index (χ1) is 16.9. The highest BCUT2D eigenvalue weighted by atomic mass is 19.1. The van der Waals surface area contributed by atoms with Gasteiger partial charge in [-0.15, -0.1) is 0 Å². The van der Waals surface area contributed by atoms with Crippen LogP contribution in [0.4, 0.5) is 21.5 Å². The molecule has 0 bridgehead atoms. The molecule has 0 aromatic heterocycles. The van der Waals surface area contributed by atoms with Crippen LogP contribution < -0.4 is 10.2 Å². The highest BCUT2D eigenvalue weighted by Crippen LogP contribution is 2.31. The number of benzene rings is 3. The third kappa shape index (κ3) is 5.95. The van der Waals surface area contributed by atoms with Crippen LogP contribution in [0, 0.1) is 15.9 Å². The molecule has 1 atom stereocenters. The Morgan fingerprint density at radius 1 is 1.03 bits per heavy atom. The zero-order chi connectivity index (χ0) is 24.8. The predicted octanol–water partition coefficient (Wildman–Crippen LogP) is 5.13. The van der Waals surface area contributed by atoms with Crippen molar-refractivity contribution >= 4 is 23.0 Å². The first-order valence-electron chi connectivity index (χ1n) is 11.8. The fourth-order valence-electron chi connectivity index (χ4n) is 4.33. The number of halogens is 1. The molecule has 1 heterocycles. The molecular formula is C27H29FN4O3. The summed E-state index contributed by atoms with van der Waals surface area (Å²) in [5, 5.41) is 14.9. The Kier molecular flexibility index (Phi) is 7.60. The lowest BCUT2D eigenvalue weighted by Crippen LogP contribution is -2.49. The number of nitro groups is 1. The summed E-state index contributed by atoms with van der Waals surface area (Å²) >= 11 is 0. The van der Waals surface area contributed by atoms with Gasteiger partial charge in [0.2, 0.25) is 0 Å². The molecule has 3 aromatic rings. The van der Waals surface area contributed by atoms with Crippen molar-refractivity contribution in [3.05, 3.63) is 99.9 Å². The lowest BCUT2D eigenvalue weighted by atomic mass is 10.1. The lowest BCUT2D eigenvalue weighted by Gasteiger charge is -2.36. The number of carbonyl (C=O) groups is 1. The molecule has 182 valence electrons. The maximum Gasteiger partial charge on any atom is 0.292 e.